The standard InChI is InChI=1S/C49H58N2/c1-20-23(4)34(15)45-41(29(20)10)42-31(12)26(7)30(11)40(46(42)50-45)39-28(9)27(8)35(16)47(38(39)19)51-48-36(17)24(5)21(2)32(13)43(48)44-33(14)22(3)25(6)37(18)49(44)51/h50H,1-19H3. The first-order valence-electron chi connectivity index (χ1n) is 18.9. The molecule has 51 heavy (non-hydrogen) atoms. The summed E-state index contributed by atoms with van der Waals surface area (Å²) in [5, 5.41) is 5.62. The maximum absolute atomic E-state index is 4.09. The zero-order valence-electron chi connectivity index (χ0n) is 34.9. The lowest BCUT2D eigenvalue weighted by Gasteiger charge is -2.26. The molecule has 2 aromatic heterocycles. The number of nitrogens with one attached hydrogen (secondary N) is 1. The summed E-state index contributed by atoms with van der Waals surface area (Å²) in [6.45, 7) is 44.4. The van der Waals surface area contributed by atoms with E-state index in [4.69, 9.17) is 0 Å². The Bertz CT molecular complexity index is 2670. The number of aromatic nitrogens is 2. The molecular formula is C49H58N2. The molecule has 2 heterocycles. The second-order valence-corrected chi connectivity index (χ2v) is 16.4. The third kappa shape index (κ3) is 4.23. The predicted octanol–water partition coefficient (Wildman–Crippen LogP) is 13.9. The van der Waals surface area contributed by atoms with Crippen LogP contribution in [-0.2, 0) is 0 Å². The van der Waals surface area contributed by atoms with E-state index in [0.717, 1.165) is 0 Å². The van der Waals surface area contributed by atoms with Crippen LogP contribution in [-0.4, -0.2) is 9.55 Å². The molecule has 0 radical (unpaired) electrons. The van der Waals surface area contributed by atoms with Gasteiger partial charge in [-0.2, -0.15) is 0 Å². The van der Waals surface area contributed by atoms with Gasteiger partial charge in [-0.3, -0.25) is 0 Å². The van der Waals surface area contributed by atoms with Crippen molar-refractivity contribution in [1.29, 1.82) is 0 Å². The molecule has 0 aliphatic heterocycles. The quantitative estimate of drug-likeness (QED) is 0.188. The molecule has 0 amide bonds. The van der Waals surface area contributed by atoms with Gasteiger partial charge in [0.1, 0.15) is 0 Å². The third-order valence-electron chi connectivity index (χ3n) is 14.6. The summed E-state index contributed by atoms with van der Waals surface area (Å²) in [6, 6.07) is 0. The molecule has 7 rings (SSSR count). The van der Waals surface area contributed by atoms with E-state index in [9.17, 15) is 0 Å². The van der Waals surface area contributed by atoms with Crippen LogP contribution in [0.15, 0.2) is 0 Å². The first kappa shape index (κ1) is 35.1. The molecule has 264 valence electrons. The minimum atomic E-state index is 1.28. The molecule has 1 N–H and O–H groups in total. The van der Waals surface area contributed by atoms with Gasteiger partial charge >= 0.3 is 0 Å². The Kier molecular flexibility index (Phi) is 7.81. The summed E-state index contributed by atoms with van der Waals surface area (Å²) in [5.74, 6) is 0. The van der Waals surface area contributed by atoms with Crippen LogP contribution in [0.3, 0.4) is 0 Å². The fourth-order valence-electron chi connectivity index (χ4n) is 9.94. The van der Waals surface area contributed by atoms with Crippen molar-refractivity contribution in [3.8, 4) is 16.8 Å². The molecule has 0 spiro atoms. The summed E-state index contributed by atoms with van der Waals surface area (Å²) < 4.78 is 2.70. The van der Waals surface area contributed by atoms with E-state index in [2.05, 4.69) is 141 Å². The van der Waals surface area contributed by atoms with Crippen molar-refractivity contribution >= 4 is 43.6 Å². The van der Waals surface area contributed by atoms with E-state index < -0.39 is 0 Å². The van der Waals surface area contributed by atoms with Gasteiger partial charge in [0.15, 0.2) is 0 Å². The van der Waals surface area contributed by atoms with E-state index >= 15 is 0 Å². The van der Waals surface area contributed by atoms with E-state index in [0.29, 0.717) is 0 Å². The summed E-state index contributed by atoms with van der Waals surface area (Å²) in [4.78, 5) is 4.09. The van der Waals surface area contributed by atoms with E-state index in [1.807, 2.05) is 0 Å². The SMILES string of the molecule is Cc1c(C)c(-c2c(C)c(C)c(C)c3c2[nH]c2c(C)c(C)c(C)c(C)c23)c(C)c(-n2c3c(C)c(C)c(C)c(C)c3c3c(C)c(C)c(C)c(C)c32)c1C. The lowest BCUT2D eigenvalue weighted by molar-refractivity contribution is 1.07. The Labute approximate surface area is 306 Å². The zero-order chi connectivity index (χ0) is 37.6. The summed E-state index contributed by atoms with van der Waals surface area (Å²) in [7, 11) is 0. The van der Waals surface area contributed by atoms with Gasteiger partial charge in [0.2, 0.25) is 0 Å². The van der Waals surface area contributed by atoms with Gasteiger partial charge in [0.05, 0.1) is 22.2 Å². The Balaban J connectivity index is 1.77. The molecule has 0 saturated heterocycles. The van der Waals surface area contributed by atoms with Gasteiger partial charge in [0, 0.05) is 32.6 Å². The maximum atomic E-state index is 4.09. The molecule has 2 heteroatoms. The molecule has 0 aliphatic rings. The monoisotopic (exact) mass is 674 g/mol. The predicted molar refractivity (Wildman–Crippen MR) is 226 cm³/mol. The number of hydrogen-bond donors (Lipinski definition) is 1. The fraction of sp³-hybridized carbons (Fsp3) is 0.388. The van der Waals surface area contributed by atoms with E-state index in [1.165, 1.54) is 166 Å². The average molecular weight is 675 g/mol. The third-order valence-corrected chi connectivity index (χ3v) is 14.6. The Morgan fingerprint density at radius 1 is 0.255 bits per heavy atom. The lowest BCUT2D eigenvalue weighted by Crippen LogP contribution is -2.09. The number of aryl methyl sites for hydroxylation is 7. The van der Waals surface area contributed by atoms with Crippen molar-refractivity contribution < 1.29 is 0 Å². The number of hydrogen-bond acceptors (Lipinski definition) is 0. The Morgan fingerprint density at radius 2 is 0.588 bits per heavy atom. The molecular weight excluding hydrogens is 617 g/mol. The van der Waals surface area contributed by atoms with Gasteiger partial charge in [0.25, 0.3) is 0 Å². The van der Waals surface area contributed by atoms with Crippen molar-refractivity contribution in [2.75, 3.05) is 0 Å². The summed E-state index contributed by atoms with van der Waals surface area (Å²) >= 11 is 0. The van der Waals surface area contributed by atoms with Crippen LogP contribution in [0.25, 0.3) is 60.4 Å². The molecule has 2 nitrogen and oxygen atoms in total. The van der Waals surface area contributed by atoms with Crippen LogP contribution in [0.4, 0.5) is 0 Å². The maximum Gasteiger partial charge on any atom is 0.0576 e. The van der Waals surface area contributed by atoms with E-state index in [1.54, 1.807) is 0 Å². The molecule has 7 aromatic rings. The fourth-order valence-corrected chi connectivity index (χ4v) is 9.94. The lowest BCUT2D eigenvalue weighted by atomic mass is 9.82. The molecule has 0 aliphatic carbocycles. The highest BCUT2D eigenvalue weighted by Gasteiger charge is 2.29. The number of aromatic amines is 1. The van der Waals surface area contributed by atoms with Gasteiger partial charge in [-0.05, 0) is 243 Å². The van der Waals surface area contributed by atoms with Crippen LogP contribution < -0.4 is 0 Å². The second-order valence-electron chi connectivity index (χ2n) is 16.4. The van der Waals surface area contributed by atoms with E-state index in [-0.39, 0.29) is 0 Å². The van der Waals surface area contributed by atoms with Crippen molar-refractivity contribution in [3.63, 3.8) is 0 Å². The molecule has 0 bridgehead atoms. The van der Waals surface area contributed by atoms with Crippen LogP contribution in [0, 0.1) is 132 Å². The van der Waals surface area contributed by atoms with Crippen LogP contribution >= 0.6 is 0 Å². The smallest absolute Gasteiger partial charge is 0.0576 e. The van der Waals surface area contributed by atoms with Gasteiger partial charge in [-0.1, -0.05) is 0 Å². The molecule has 5 aromatic carbocycles. The second kappa shape index (κ2) is 11.3. The average Bonchev–Trinajstić information content (AvgIpc) is 3.67. The number of H-pyrrole nitrogens is 1. The summed E-state index contributed by atoms with van der Waals surface area (Å²) in [5.41, 5.74) is 35.7. The Morgan fingerprint density at radius 3 is 1.06 bits per heavy atom. The first-order chi connectivity index (χ1) is 23.8. The first-order valence-corrected chi connectivity index (χ1v) is 18.9. The molecule has 0 atom stereocenters. The van der Waals surface area contributed by atoms with Crippen LogP contribution in [0.5, 0.6) is 0 Å². The largest absolute Gasteiger partial charge is 0.354 e. The van der Waals surface area contributed by atoms with Crippen molar-refractivity contribution in [3.05, 3.63) is 106 Å². The van der Waals surface area contributed by atoms with Gasteiger partial charge < -0.3 is 9.55 Å². The summed E-state index contributed by atoms with van der Waals surface area (Å²) in [6.07, 6.45) is 0. The van der Waals surface area contributed by atoms with Crippen molar-refractivity contribution in [2.45, 2.75) is 132 Å². The van der Waals surface area contributed by atoms with Crippen LogP contribution in [0.2, 0.25) is 0 Å². The number of benzene rings is 5. The number of rotatable bonds is 2. The van der Waals surface area contributed by atoms with Crippen molar-refractivity contribution in [1.82, 2.24) is 9.55 Å². The number of fused-ring (bicyclic) bond motifs is 6. The molecule has 0 saturated carbocycles. The minimum Gasteiger partial charge on any atom is -0.354 e. The highest BCUT2D eigenvalue weighted by atomic mass is 15.0. The highest BCUT2D eigenvalue weighted by Crippen LogP contribution is 2.49. The molecule has 0 unspecified atom stereocenters. The van der Waals surface area contributed by atoms with Gasteiger partial charge in [-0.15, -0.1) is 0 Å². The topological polar surface area (TPSA) is 20.7 Å². The highest BCUT2D eigenvalue weighted by molar-refractivity contribution is 6.18. The van der Waals surface area contributed by atoms with Crippen LogP contribution in [0.1, 0.15) is 106 Å². The molecule has 0 fully saturated rings. The minimum absolute atomic E-state index is 1.28. The van der Waals surface area contributed by atoms with Crippen molar-refractivity contribution in [2.24, 2.45) is 0 Å². The normalized spacial score (nSPS) is 12.2. The number of nitrogens with zero attached hydrogens (tertiary/aromatic N) is 1. The zero-order valence-corrected chi connectivity index (χ0v) is 34.9. The Hall–Kier alpha value is -4.30. The van der Waals surface area contributed by atoms with Gasteiger partial charge in [-0.25, -0.2) is 0 Å².